The van der Waals surface area contributed by atoms with Crippen molar-refractivity contribution < 1.29 is 4.74 Å². The lowest BCUT2D eigenvalue weighted by molar-refractivity contribution is 0.172. The van der Waals surface area contributed by atoms with Gasteiger partial charge in [-0.3, -0.25) is 0 Å². The molecule has 0 bridgehead atoms. The van der Waals surface area contributed by atoms with Gasteiger partial charge in [0.2, 0.25) is 0 Å². The van der Waals surface area contributed by atoms with E-state index in [-0.39, 0.29) is 0 Å². The summed E-state index contributed by atoms with van der Waals surface area (Å²) in [4.78, 5) is 0. The molecule has 0 N–H and O–H groups in total. The lowest BCUT2D eigenvalue weighted by atomic mass is 10.0. The van der Waals surface area contributed by atoms with E-state index in [0.29, 0.717) is 17.2 Å². The molecule has 3 aromatic rings. The summed E-state index contributed by atoms with van der Waals surface area (Å²) in [5.74, 6) is 0.792. The maximum Gasteiger partial charge on any atom is 0.120 e. The summed E-state index contributed by atoms with van der Waals surface area (Å²) in [5.41, 5.74) is 1.87. The van der Waals surface area contributed by atoms with E-state index in [4.69, 9.17) is 16.3 Å². The van der Waals surface area contributed by atoms with Crippen molar-refractivity contribution in [1.29, 1.82) is 5.26 Å². The first-order valence-electron chi connectivity index (χ1n) is 9.59. The summed E-state index contributed by atoms with van der Waals surface area (Å²) in [7, 11) is 0. The van der Waals surface area contributed by atoms with Gasteiger partial charge in [-0.2, -0.15) is 5.26 Å². The van der Waals surface area contributed by atoms with Crippen LogP contribution in [-0.4, -0.2) is 31.3 Å². The van der Waals surface area contributed by atoms with E-state index in [2.05, 4.69) is 28.2 Å². The minimum atomic E-state index is 0.588. The number of rotatable bonds is 5. The highest BCUT2D eigenvalue weighted by molar-refractivity contribution is 6.30. The van der Waals surface area contributed by atoms with Crippen LogP contribution in [0, 0.1) is 11.3 Å². The second kappa shape index (κ2) is 8.52. The quantitative estimate of drug-likeness (QED) is 0.594. The Morgan fingerprint density at radius 1 is 0.964 bits per heavy atom. The minimum Gasteiger partial charge on any atom is -0.492 e. The van der Waals surface area contributed by atoms with E-state index in [9.17, 15) is 5.26 Å². The van der Waals surface area contributed by atoms with Crippen LogP contribution in [-0.2, 0) is 0 Å². The van der Waals surface area contributed by atoms with E-state index in [0.717, 1.165) is 48.3 Å². The van der Waals surface area contributed by atoms with Crippen molar-refractivity contribution in [2.45, 2.75) is 12.8 Å². The fraction of sp³-hybridized carbons (Fsp3) is 0.261. The van der Waals surface area contributed by atoms with Crippen LogP contribution in [0.15, 0.2) is 60.7 Å². The number of hydrogen-bond acceptors (Lipinski definition) is 4. The van der Waals surface area contributed by atoms with Gasteiger partial charge in [0.1, 0.15) is 12.4 Å². The summed E-state index contributed by atoms with van der Waals surface area (Å²) >= 11 is 6.03. The standard InChI is InChI=1S/C23H22ClN3O/c24-19-6-5-7-20(16-19)28-15-14-26-12-3-4-13-27(26)23-11-10-18(17-25)21-8-1-2-9-22(21)23/h1-2,5-11,16H,3-4,12-15H2. The van der Waals surface area contributed by atoms with E-state index < -0.39 is 0 Å². The van der Waals surface area contributed by atoms with Gasteiger partial charge in [0.25, 0.3) is 0 Å². The van der Waals surface area contributed by atoms with Crippen LogP contribution in [0.2, 0.25) is 5.02 Å². The first-order valence-corrected chi connectivity index (χ1v) is 9.97. The molecule has 4 nitrogen and oxygen atoms in total. The number of halogens is 1. The first-order chi connectivity index (χ1) is 13.8. The number of nitrogens with zero attached hydrogens (tertiary/aromatic N) is 3. The summed E-state index contributed by atoms with van der Waals surface area (Å²) in [6, 6.07) is 21.9. The molecule has 4 rings (SSSR count). The molecule has 1 heterocycles. The van der Waals surface area contributed by atoms with Gasteiger partial charge in [-0.15, -0.1) is 0 Å². The van der Waals surface area contributed by atoms with Crippen LogP contribution in [0.1, 0.15) is 18.4 Å². The Labute approximate surface area is 170 Å². The Bertz CT molecular complexity index is 1010. The monoisotopic (exact) mass is 391 g/mol. The minimum absolute atomic E-state index is 0.588. The van der Waals surface area contributed by atoms with Crippen LogP contribution >= 0.6 is 11.6 Å². The molecule has 0 aliphatic carbocycles. The topological polar surface area (TPSA) is 39.5 Å². The molecule has 1 saturated heterocycles. The van der Waals surface area contributed by atoms with E-state index in [1.54, 1.807) is 0 Å². The summed E-state index contributed by atoms with van der Waals surface area (Å²) in [5, 5.41) is 16.9. The van der Waals surface area contributed by atoms with Crippen molar-refractivity contribution >= 4 is 28.1 Å². The SMILES string of the molecule is N#Cc1ccc(N2CCCCN2CCOc2cccc(Cl)c2)c2ccccc12. The average Bonchev–Trinajstić information content (AvgIpc) is 2.73. The van der Waals surface area contributed by atoms with E-state index in [1.807, 2.05) is 48.5 Å². The molecule has 0 radical (unpaired) electrons. The second-order valence-corrected chi connectivity index (χ2v) is 7.32. The number of nitriles is 1. The smallest absolute Gasteiger partial charge is 0.120 e. The number of fused-ring (bicyclic) bond motifs is 1. The van der Waals surface area contributed by atoms with Crippen molar-refractivity contribution in [3.8, 4) is 11.8 Å². The summed E-state index contributed by atoms with van der Waals surface area (Å²) < 4.78 is 5.90. The highest BCUT2D eigenvalue weighted by atomic mass is 35.5. The van der Waals surface area contributed by atoms with Gasteiger partial charge in [-0.05, 0) is 43.2 Å². The van der Waals surface area contributed by atoms with E-state index in [1.165, 1.54) is 6.42 Å². The zero-order chi connectivity index (χ0) is 19.3. The third-order valence-electron chi connectivity index (χ3n) is 5.09. The molecule has 0 saturated carbocycles. The Morgan fingerprint density at radius 3 is 2.61 bits per heavy atom. The maximum absolute atomic E-state index is 9.43. The number of benzene rings is 3. The Hall–Kier alpha value is -2.74. The Balaban J connectivity index is 1.54. The van der Waals surface area contributed by atoms with Crippen LogP contribution < -0.4 is 9.75 Å². The summed E-state index contributed by atoms with van der Waals surface area (Å²) in [6.07, 6.45) is 2.32. The molecule has 0 spiro atoms. The van der Waals surface area contributed by atoms with Gasteiger partial charge >= 0.3 is 0 Å². The third-order valence-corrected chi connectivity index (χ3v) is 5.33. The molecular weight excluding hydrogens is 370 g/mol. The molecule has 28 heavy (non-hydrogen) atoms. The Morgan fingerprint density at radius 2 is 1.79 bits per heavy atom. The maximum atomic E-state index is 9.43. The van der Waals surface area contributed by atoms with Gasteiger partial charge in [0.15, 0.2) is 0 Å². The lowest BCUT2D eigenvalue weighted by Gasteiger charge is -2.40. The highest BCUT2D eigenvalue weighted by Gasteiger charge is 2.22. The molecule has 0 aromatic heterocycles. The zero-order valence-electron chi connectivity index (χ0n) is 15.6. The van der Waals surface area contributed by atoms with Crippen LogP contribution in [0.3, 0.4) is 0 Å². The predicted octanol–water partition coefficient (Wildman–Crippen LogP) is 5.26. The predicted molar refractivity (Wildman–Crippen MR) is 114 cm³/mol. The third kappa shape index (κ3) is 3.91. The normalized spacial score (nSPS) is 14.8. The number of ether oxygens (including phenoxy) is 1. The van der Waals surface area contributed by atoms with Gasteiger partial charge in [-0.1, -0.05) is 41.9 Å². The van der Waals surface area contributed by atoms with Crippen molar-refractivity contribution in [1.82, 2.24) is 5.01 Å². The fourth-order valence-corrected chi connectivity index (χ4v) is 3.94. The molecule has 1 fully saturated rings. The number of hydrazine groups is 1. The molecule has 0 unspecified atom stereocenters. The number of anilines is 1. The van der Waals surface area contributed by atoms with Gasteiger partial charge in [0.05, 0.1) is 23.9 Å². The molecular formula is C23H22ClN3O. The van der Waals surface area contributed by atoms with Crippen molar-refractivity contribution in [2.75, 3.05) is 31.3 Å². The molecule has 142 valence electrons. The van der Waals surface area contributed by atoms with Crippen molar-refractivity contribution in [2.24, 2.45) is 0 Å². The zero-order valence-corrected chi connectivity index (χ0v) is 16.4. The molecule has 1 aliphatic rings. The van der Waals surface area contributed by atoms with Crippen LogP contribution in [0.4, 0.5) is 5.69 Å². The summed E-state index contributed by atoms with van der Waals surface area (Å²) in [6.45, 7) is 3.34. The Kier molecular flexibility index (Phi) is 5.66. The second-order valence-electron chi connectivity index (χ2n) is 6.88. The lowest BCUT2D eigenvalue weighted by Crippen LogP contribution is -2.49. The molecule has 5 heteroatoms. The van der Waals surface area contributed by atoms with E-state index >= 15 is 0 Å². The largest absolute Gasteiger partial charge is 0.492 e. The van der Waals surface area contributed by atoms with Crippen LogP contribution in [0.25, 0.3) is 10.8 Å². The molecule has 0 amide bonds. The number of hydrogen-bond donors (Lipinski definition) is 0. The molecule has 3 aromatic carbocycles. The molecule has 1 aliphatic heterocycles. The van der Waals surface area contributed by atoms with Gasteiger partial charge in [0, 0.05) is 28.9 Å². The molecule has 0 atom stereocenters. The van der Waals surface area contributed by atoms with Gasteiger partial charge < -0.3 is 9.75 Å². The van der Waals surface area contributed by atoms with Gasteiger partial charge in [-0.25, -0.2) is 5.01 Å². The average molecular weight is 392 g/mol. The highest BCUT2D eigenvalue weighted by Crippen LogP contribution is 2.31. The first kappa shape index (κ1) is 18.6. The fourth-order valence-electron chi connectivity index (χ4n) is 3.75. The van der Waals surface area contributed by atoms with Crippen molar-refractivity contribution in [3.63, 3.8) is 0 Å². The van der Waals surface area contributed by atoms with Crippen molar-refractivity contribution in [3.05, 3.63) is 71.2 Å². The van der Waals surface area contributed by atoms with Crippen LogP contribution in [0.5, 0.6) is 5.75 Å².